The molecule has 1 fully saturated rings. The van der Waals surface area contributed by atoms with Crippen molar-refractivity contribution in [2.75, 3.05) is 38.2 Å². The third kappa shape index (κ3) is 3.46. The molecule has 8 heteroatoms. The standard InChI is InChI=1S/C19H20N6O2/c1-27-17-5-3-2-4-16(17)24-10-12-25(13-11-24)19(26)15-8-6-14(7-9-15)18-20-22-23-21-18/h2-9,26H,10-13H2,1H3/p-1. The van der Waals surface area contributed by atoms with E-state index >= 15 is 0 Å². The van der Waals surface area contributed by atoms with E-state index in [4.69, 9.17) is 4.74 Å². The first-order valence-corrected chi connectivity index (χ1v) is 8.72. The molecule has 0 aromatic heterocycles. The van der Waals surface area contributed by atoms with Crippen LogP contribution in [0.25, 0.3) is 11.7 Å². The number of nitrogens with zero attached hydrogens (tertiary/aromatic N) is 6. The summed E-state index contributed by atoms with van der Waals surface area (Å²) in [4.78, 5) is 4.13. The minimum atomic E-state index is 0.0286. The first-order chi connectivity index (χ1) is 13.3. The Hall–Kier alpha value is -3.42. The van der Waals surface area contributed by atoms with Crippen molar-refractivity contribution in [2.24, 2.45) is 20.7 Å². The van der Waals surface area contributed by atoms with Gasteiger partial charge in [-0.1, -0.05) is 36.4 Å². The molecule has 0 radical (unpaired) electrons. The fourth-order valence-corrected chi connectivity index (χ4v) is 3.25. The van der Waals surface area contributed by atoms with Gasteiger partial charge >= 0.3 is 0 Å². The van der Waals surface area contributed by atoms with Gasteiger partial charge in [0.25, 0.3) is 0 Å². The van der Waals surface area contributed by atoms with Gasteiger partial charge in [-0.3, -0.25) is 0 Å². The van der Waals surface area contributed by atoms with Gasteiger partial charge in [0.15, 0.2) is 0 Å². The van der Waals surface area contributed by atoms with Gasteiger partial charge in [-0.2, -0.15) is 0 Å². The second-order valence-electron chi connectivity index (χ2n) is 6.23. The van der Waals surface area contributed by atoms with Crippen LogP contribution in [0.2, 0.25) is 0 Å². The molecule has 2 aliphatic rings. The highest BCUT2D eigenvalue weighted by Crippen LogP contribution is 2.28. The summed E-state index contributed by atoms with van der Waals surface area (Å²) in [7, 11) is 1.68. The highest BCUT2D eigenvalue weighted by molar-refractivity contribution is 5.59. The first kappa shape index (κ1) is 17.0. The SMILES string of the molecule is COc1ccccc1N1CCN(C([O-])=c2ccc(=C3N=NN=N3)cc2)CC1. The molecule has 0 N–H and O–H groups in total. The second-order valence-corrected chi connectivity index (χ2v) is 6.23. The fraction of sp³-hybridized carbons (Fsp3) is 0.263. The van der Waals surface area contributed by atoms with Crippen molar-refractivity contribution in [1.29, 1.82) is 0 Å². The van der Waals surface area contributed by atoms with Crippen LogP contribution in [0.1, 0.15) is 0 Å². The van der Waals surface area contributed by atoms with E-state index in [1.807, 2.05) is 41.3 Å². The molecule has 0 saturated carbocycles. The lowest BCUT2D eigenvalue weighted by Crippen LogP contribution is -2.49. The van der Waals surface area contributed by atoms with Crippen molar-refractivity contribution in [3.05, 3.63) is 59.0 Å². The summed E-state index contributed by atoms with van der Waals surface area (Å²) < 4.78 is 5.44. The van der Waals surface area contributed by atoms with Crippen LogP contribution < -0.4 is 25.2 Å². The number of hydrogen-bond donors (Lipinski definition) is 0. The number of ether oxygens (including phenoxy) is 1. The van der Waals surface area contributed by atoms with E-state index in [9.17, 15) is 5.11 Å². The largest absolute Gasteiger partial charge is 0.860 e. The Morgan fingerprint density at radius 3 is 2.26 bits per heavy atom. The molecule has 2 aromatic carbocycles. The van der Waals surface area contributed by atoms with Crippen LogP contribution in [-0.4, -0.2) is 38.2 Å². The Balaban J connectivity index is 1.51. The second kappa shape index (κ2) is 7.45. The zero-order chi connectivity index (χ0) is 18.6. The summed E-state index contributed by atoms with van der Waals surface area (Å²) in [6.07, 6.45) is 0. The van der Waals surface area contributed by atoms with E-state index in [1.165, 1.54) is 0 Å². The zero-order valence-corrected chi connectivity index (χ0v) is 14.9. The zero-order valence-electron chi connectivity index (χ0n) is 14.9. The topological polar surface area (TPSA) is 88.2 Å². The number of rotatable bonds is 3. The Bertz CT molecular complexity index is 972. The lowest BCUT2D eigenvalue weighted by atomic mass is 10.2. The predicted octanol–water partition coefficient (Wildman–Crippen LogP) is 0.842. The third-order valence-corrected chi connectivity index (χ3v) is 4.70. The normalized spacial score (nSPS) is 16.1. The fourth-order valence-electron chi connectivity index (χ4n) is 3.25. The number of anilines is 1. The highest BCUT2D eigenvalue weighted by atomic mass is 16.5. The Morgan fingerprint density at radius 1 is 0.926 bits per heavy atom. The summed E-state index contributed by atoms with van der Waals surface area (Å²) in [6.45, 7) is 2.86. The van der Waals surface area contributed by atoms with Crippen LogP contribution >= 0.6 is 0 Å². The van der Waals surface area contributed by atoms with Gasteiger partial charge < -0.3 is 19.6 Å². The van der Waals surface area contributed by atoms with Gasteiger partial charge in [0.2, 0.25) is 5.82 Å². The molecule has 0 spiro atoms. The molecule has 0 bridgehead atoms. The Labute approximate surface area is 156 Å². The van der Waals surface area contributed by atoms with Crippen LogP contribution in [0.4, 0.5) is 5.69 Å². The molecule has 27 heavy (non-hydrogen) atoms. The predicted molar refractivity (Wildman–Crippen MR) is 99.0 cm³/mol. The number of hydrogen-bond acceptors (Lipinski definition) is 8. The average molecular weight is 363 g/mol. The van der Waals surface area contributed by atoms with Gasteiger partial charge in [-0.25, -0.2) is 0 Å². The van der Waals surface area contributed by atoms with E-state index in [2.05, 4.69) is 25.6 Å². The van der Waals surface area contributed by atoms with Crippen LogP contribution in [0, 0.1) is 0 Å². The molecule has 0 atom stereocenters. The lowest BCUT2D eigenvalue weighted by molar-refractivity contribution is -0.272. The van der Waals surface area contributed by atoms with E-state index in [1.54, 1.807) is 19.2 Å². The van der Waals surface area contributed by atoms with Gasteiger partial charge in [-0.05, 0) is 33.7 Å². The minimum Gasteiger partial charge on any atom is -0.860 e. The quantitative estimate of drug-likeness (QED) is 0.808. The van der Waals surface area contributed by atoms with Gasteiger partial charge in [0.05, 0.1) is 12.8 Å². The van der Waals surface area contributed by atoms with Crippen LogP contribution in [0.5, 0.6) is 5.75 Å². The molecule has 0 amide bonds. The monoisotopic (exact) mass is 363 g/mol. The molecule has 8 nitrogen and oxygen atoms in total. The van der Waals surface area contributed by atoms with E-state index < -0.39 is 0 Å². The van der Waals surface area contributed by atoms with E-state index in [-0.39, 0.29) is 5.88 Å². The number of methoxy groups -OCH3 is 1. The molecule has 1 saturated heterocycles. The van der Waals surface area contributed by atoms with E-state index in [0.29, 0.717) is 24.1 Å². The first-order valence-electron chi connectivity index (χ1n) is 8.72. The maximum Gasteiger partial charge on any atom is 0.207 e. The van der Waals surface area contributed by atoms with Crippen molar-refractivity contribution in [3.8, 4) is 5.75 Å². The molecule has 138 valence electrons. The third-order valence-electron chi connectivity index (χ3n) is 4.70. The number of para-hydroxylation sites is 2. The van der Waals surface area contributed by atoms with Gasteiger partial charge in [-0.15, -0.1) is 10.2 Å². The average Bonchev–Trinajstić information content (AvgIpc) is 3.28. The summed E-state index contributed by atoms with van der Waals surface area (Å²) in [6, 6.07) is 15.2. The number of benzene rings is 2. The molecule has 4 rings (SSSR count). The molecule has 2 heterocycles. The lowest BCUT2D eigenvalue weighted by Gasteiger charge is -2.40. The van der Waals surface area contributed by atoms with Crippen LogP contribution in [0.15, 0.2) is 69.2 Å². The summed E-state index contributed by atoms with van der Waals surface area (Å²) in [5.74, 6) is 1.34. The van der Waals surface area contributed by atoms with Crippen molar-refractivity contribution in [1.82, 2.24) is 4.90 Å². The van der Waals surface area contributed by atoms with Crippen molar-refractivity contribution in [3.63, 3.8) is 0 Å². The van der Waals surface area contributed by atoms with Crippen molar-refractivity contribution < 1.29 is 9.84 Å². The molecule has 0 unspecified atom stereocenters. The smallest absolute Gasteiger partial charge is 0.207 e. The number of piperazine rings is 1. The van der Waals surface area contributed by atoms with Crippen LogP contribution in [0.3, 0.4) is 0 Å². The minimum absolute atomic E-state index is 0.0286. The van der Waals surface area contributed by atoms with E-state index in [0.717, 1.165) is 29.7 Å². The Morgan fingerprint density at radius 2 is 1.59 bits per heavy atom. The molecule has 0 aliphatic carbocycles. The molecular formula is C19H19N6O2-. The highest BCUT2D eigenvalue weighted by Gasteiger charge is 2.18. The van der Waals surface area contributed by atoms with Crippen molar-refractivity contribution in [2.45, 2.75) is 0 Å². The molecular weight excluding hydrogens is 344 g/mol. The van der Waals surface area contributed by atoms with Gasteiger partial charge in [0, 0.05) is 31.4 Å². The summed E-state index contributed by atoms with van der Waals surface area (Å²) >= 11 is 0. The maximum absolute atomic E-state index is 12.8. The maximum atomic E-state index is 12.8. The van der Waals surface area contributed by atoms with Crippen LogP contribution in [-0.2, 0) is 0 Å². The Kier molecular flexibility index (Phi) is 4.69. The van der Waals surface area contributed by atoms with Gasteiger partial charge in [0.1, 0.15) is 5.75 Å². The van der Waals surface area contributed by atoms with Crippen molar-refractivity contribution >= 4 is 17.4 Å². The molecule has 2 aliphatic heterocycles. The molecule has 2 aromatic rings. The summed E-state index contributed by atoms with van der Waals surface area (Å²) in [5.41, 5.74) is 1.06. The summed E-state index contributed by atoms with van der Waals surface area (Å²) in [5, 5.41) is 28.8.